The Labute approximate surface area is 187 Å². The first-order valence-electron chi connectivity index (χ1n) is 10.6. The summed E-state index contributed by atoms with van der Waals surface area (Å²) in [6.07, 6.45) is 0.933. The van der Waals surface area contributed by atoms with Crippen molar-refractivity contribution in [2.24, 2.45) is 5.73 Å². The van der Waals surface area contributed by atoms with Crippen molar-refractivity contribution in [1.82, 2.24) is 4.90 Å². The summed E-state index contributed by atoms with van der Waals surface area (Å²) < 4.78 is 33.1. The van der Waals surface area contributed by atoms with Crippen molar-refractivity contribution < 1.29 is 28.5 Å². The van der Waals surface area contributed by atoms with E-state index in [1.807, 2.05) is 18.2 Å². The fourth-order valence-corrected chi connectivity index (χ4v) is 6.52. The zero-order chi connectivity index (χ0) is 23.4. The molecule has 0 radical (unpaired) electrons. The fraction of sp³-hybridized carbons (Fsp3) is 0.435. The molecule has 1 heterocycles. The minimum atomic E-state index is -3.95. The predicted molar refractivity (Wildman–Crippen MR) is 122 cm³/mol. The highest BCUT2D eigenvalue weighted by molar-refractivity contribution is 7.61. The number of methoxy groups -OCH3 is 1. The third-order valence-corrected chi connectivity index (χ3v) is 8.92. The van der Waals surface area contributed by atoms with Crippen LogP contribution >= 0.6 is 7.37 Å². The van der Waals surface area contributed by atoms with Crippen molar-refractivity contribution in [2.75, 3.05) is 32.9 Å². The first-order valence-corrected chi connectivity index (χ1v) is 12.5. The highest BCUT2D eigenvalue weighted by Crippen LogP contribution is 2.59. The molecule has 7 nitrogen and oxygen atoms in total. The van der Waals surface area contributed by atoms with Gasteiger partial charge in [0.1, 0.15) is 11.6 Å². The molecule has 0 aliphatic carbocycles. The second-order valence-corrected chi connectivity index (χ2v) is 10.9. The van der Waals surface area contributed by atoms with Crippen LogP contribution in [0.25, 0.3) is 11.1 Å². The average molecular weight is 464 g/mol. The maximum atomic E-state index is 14.9. The maximum Gasteiger partial charge on any atom is 0.320 e. The van der Waals surface area contributed by atoms with Crippen molar-refractivity contribution in [1.29, 1.82) is 0 Å². The van der Waals surface area contributed by atoms with Crippen LogP contribution in [0.5, 0.6) is 5.75 Å². The summed E-state index contributed by atoms with van der Waals surface area (Å²) in [5.74, 6) is -1.00. The normalized spacial score (nSPS) is 23.8. The van der Waals surface area contributed by atoms with Gasteiger partial charge >= 0.3 is 5.97 Å². The van der Waals surface area contributed by atoms with Gasteiger partial charge in [0.15, 0.2) is 5.16 Å². The lowest BCUT2D eigenvalue weighted by Crippen LogP contribution is -2.54. The number of nitrogens with zero attached hydrogens (tertiary/aromatic N) is 1. The Hall–Kier alpha value is -2.25. The predicted octanol–water partition coefficient (Wildman–Crippen LogP) is 3.54. The van der Waals surface area contributed by atoms with E-state index in [2.05, 4.69) is 0 Å². The molecule has 1 saturated heterocycles. The van der Waals surface area contributed by atoms with E-state index in [4.69, 9.17) is 10.5 Å². The lowest BCUT2D eigenvalue weighted by Gasteiger charge is -2.43. The molecule has 2 aromatic carbocycles. The van der Waals surface area contributed by atoms with E-state index < -0.39 is 24.3 Å². The van der Waals surface area contributed by atoms with Gasteiger partial charge in [-0.15, -0.1) is 0 Å². The van der Waals surface area contributed by atoms with Gasteiger partial charge in [0, 0.05) is 31.4 Å². The highest BCUT2D eigenvalue weighted by Gasteiger charge is 2.56. The second kappa shape index (κ2) is 10.1. The quantitative estimate of drug-likeness (QED) is 0.384. The number of carboxylic acid groups (broad SMARTS) is 1. The monoisotopic (exact) mass is 464 g/mol. The summed E-state index contributed by atoms with van der Waals surface area (Å²) in [6, 6.07) is 12.1. The topological polar surface area (TPSA) is 113 Å². The Morgan fingerprint density at radius 1 is 1.25 bits per heavy atom. The van der Waals surface area contributed by atoms with Crippen molar-refractivity contribution in [3.63, 3.8) is 0 Å². The van der Waals surface area contributed by atoms with E-state index in [1.54, 1.807) is 30.2 Å². The van der Waals surface area contributed by atoms with Crippen LogP contribution in [0, 0.1) is 5.82 Å². The van der Waals surface area contributed by atoms with Crippen molar-refractivity contribution in [3.05, 3.63) is 53.8 Å². The van der Waals surface area contributed by atoms with Gasteiger partial charge in [-0.3, -0.25) is 14.3 Å². The van der Waals surface area contributed by atoms with E-state index in [1.165, 1.54) is 6.07 Å². The number of unbranched alkanes of at least 4 members (excludes halogenated alkanes) is 1. The third-order valence-electron chi connectivity index (χ3n) is 6.22. The second-order valence-electron chi connectivity index (χ2n) is 8.21. The van der Waals surface area contributed by atoms with Gasteiger partial charge in [-0.25, -0.2) is 4.39 Å². The molecule has 0 bridgehead atoms. The SMILES string of the molecule is COc1ccc(-c2cccc(F)c2CN2CCP(=O)(O)C(CCCCN)(C(=O)O)C2)cc1. The zero-order valence-electron chi connectivity index (χ0n) is 18.2. The molecule has 1 fully saturated rings. The summed E-state index contributed by atoms with van der Waals surface area (Å²) in [4.78, 5) is 24.6. The summed E-state index contributed by atoms with van der Waals surface area (Å²) in [5, 5.41) is 8.20. The number of carboxylic acids is 1. The molecular formula is C23H30FN2O5P. The van der Waals surface area contributed by atoms with Gasteiger partial charge in [-0.2, -0.15) is 0 Å². The molecule has 0 aromatic heterocycles. The van der Waals surface area contributed by atoms with Crippen LogP contribution in [0.3, 0.4) is 0 Å². The summed E-state index contributed by atoms with van der Waals surface area (Å²) >= 11 is 0. The molecule has 32 heavy (non-hydrogen) atoms. The number of halogens is 1. The molecular weight excluding hydrogens is 434 g/mol. The summed E-state index contributed by atoms with van der Waals surface area (Å²) in [5.41, 5.74) is 7.45. The number of rotatable bonds is 9. The van der Waals surface area contributed by atoms with Crippen LogP contribution in [-0.4, -0.2) is 58.9 Å². The largest absolute Gasteiger partial charge is 0.497 e. The number of ether oxygens (including phenoxy) is 1. The Kier molecular flexibility index (Phi) is 7.72. The van der Waals surface area contributed by atoms with Crippen LogP contribution in [0.1, 0.15) is 24.8 Å². The molecule has 4 N–H and O–H groups in total. The first-order chi connectivity index (χ1) is 15.2. The van der Waals surface area contributed by atoms with E-state index in [0.717, 1.165) is 5.56 Å². The van der Waals surface area contributed by atoms with Crippen LogP contribution in [0.4, 0.5) is 4.39 Å². The molecule has 9 heteroatoms. The minimum absolute atomic E-state index is 0.0619. The van der Waals surface area contributed by atoms with Crippen LogP contribution in [0.2, 0.25) is 0 Å². The lowest BCUT2D eigenvalue weighted by molar-refractivity contribution is -0.141. The van der Waals surface area contributed by atoms with Gasteiger partial charge in [-0.05, 0) is 48.7 Å². The average Bonchev–Trinajstić information content (AvgIpc) is 2.77. The van der Waals surface area contributed by atoms with Crippen molar-refractivity contribution in [3.8, 4) is 16.9 Å². The number of hydrogen-bond acceptors (Lipinski definition) is 5. The summed E-state index contributed by atoms with van der Waals surface area (Å²) in [7, 11) is -2.38. The molecule has 1 aliphatic rings. The fourth-order valence-electron chi connectivity index (χ4n) is 4.31. The molecule has 2 atom stereocenters. The van der Waals surface area contributed by atoms with E-state index in [-0.39, 0.29) is 32.2 Å². The van der Waals surface area contributed by atoms with Gasteiger partial charge in [0.2, 0.25) is 7.37 Å². The number of nitrogens with two attached hydrogens (primary N) is 1. The van der Waals surface area contributed by atoms with Gasteiger partial charge in [-0.1, -0.05) is 30.7 Å². The van der Waals surface area contributed by atoms with Crippen LogP contribution in [-0.2, 0) is 15.9 Å². The Bertz CT molecular complexity index is 1000. The van der Waals surface area contributed by atoms with Crippen LogP contribution in [0.15, 0.2) is 42.5 Å². The third kappa shape index (κ3) is 4.89. The molecule has 174 valence electrons. The Morgan fingerprint density at radius 2 is 1.97 bits per heavy atom. The van der Waals surface area contributed by atoms with E-state index >= 15 is 0 Å². The minimum Gasteiger partial charge on any atom is -0.497 e. The summed E-state index contributed by atoms with van der Waals surface area (Å²) in [6.45, 7) is 0.628. The molecule has 0 saturated carbocycles. The van der Waals surface area contributed by atoms with Crippen molar-refractivity contribution in [2.45, 2.75) is 31.0 Å². The number of aliphatic carboxylic acids is 1. The number of carbonyl (C=O) groups is 1. The zero-order valence-corrected chi connectivity index (χ0v) is 19.1. The molecule has 1 aliphatic heterocycles. The van der Waals surface area contributed by atoms with Gasteiger partial charge in [0.05, 0.1) is 7.11 Å². The molecule has 0 spiro atoms. The standard InChI is InChI=1S/C23H30FN2O5P/c1-31-18-9-7-17(8-10-18)19-5-4-6-21(24)20(19)15-26-13-14-32(29,30)23(16-26,22(27)28)11-2-3-12-25/h4-10H,2-3,11-16,25H2,1H3,(H,27,28)(H,29,30). The molecule has 0 amide bonds. The van der Waals surface area contributed by atoms with E-state index in [0.29, 0.717) is 36.3 Å². The molecule has 3 rings (SSSR count). The van der Waals surface area contributed by atoms with Crippen LogP contribution < -0.4 is 10.5 Å². The smallest absolute Gasteiger partial charge is 0.320 e. The highest BCUT2D eigenvalue weighted by atomic mass is 31.2. The number of benzene rings is 2. The van der Waals surface area contributed by atoms with Gasteiger partial charge < -0.3 is 20.5 Å². The molecule has 2 aromatic rings. The Balaban J connectivity index is 1.91. The first kappa shape index (κ1) is 24.4. The number of hydrogen-bond donors (Lipinski definition) is 3. The molecule has 2 unspecified atom stereocenters. The maximum absolute atomic E-state index is 14.9. The Morgan fingerprint density at radius 3 is 2.59 bits per heavy atom. The van der Waals surface area contributed by atoms with E-state index in [9.17, 15) is 23.7 Å². The lowest BCUT2D eigenvalue weighted by atomic mass is 9.96. The van der Waals surface area contributed by atoms with Gasteiger partial charge in [0.25, 0.3) is 0 Å². The van der Waals surface area contributed by atoms with Crippen molar-refractivity contribution >= 4 is 13.3 Å².